The van der Waals surface area contributed by atoms with E-state index >= 15 is 0 Å². The molecule has 3 rings (SSSR count). The van der Waals surface area contributed by atoms with Gasteiger partial charge in [0.1, 0.15) is 5.65 Å². The average molecular weight is 336 g/mol. The first-order valence-electron chi connectivity index (χ1n) is 8.23. The number of likely N-dealkylation sites (N-methyl/N-ethyl adjacent to an activating group) is 1. The Kier molecular flexibility index (Phi) is 4.92. The molecule has 0 amide bonds. The van der Waals surface area contributed by atoms with E-state index in [0.29, 0.717) is 5.15 Å². The summed E-state index contributed by atoms with van der Waals surface area (Å²) in [5, 5.41) is 4.15. The smallest absolute Gasteiger partial charge is 0.152 e. The van der Waals surface area contributed by atoms with Gasteiger partial charge in [0.2, 0.25) is 0 Å². The van der Waals surface area contributed by atoms with Crippen LogP contribution in [-0.2, 0) is 6.54 Å². The van der Waals surface area contributed by atoms with Crippen LogP contribution in [0.1, 0.15) is 19.5 Å². The predicted molar refractivity (Wildman–Crippen MR) is 95.1 cm³/mol. The lowest BCUT2D eigenvalue weighted by molar-refractivity contribution is 0.0617. The first-order valence-corrected chi connectivity index (χ1v) is 8.61. The summed E-state index contributed by atoms with van der Waals surface area (Å²) in [7, 11) is 2.19. The van der Waals surface area contributed by atoms with Crippen LogP contribution in [0.15, 0.2) is 24.4 Å². The van der Waals surface area contributed by atoms with E-state index in [0.717, 1.165) is 50.6 Å². The zero-order valence-electron chi connectivity index (χ0n) is 14.2. The van der Waals surface area contributed by atoms with Crippen LogP contribution < -0.4 is 5.32 Å². The Morgan fingerprint density at radius 1 is 1.22 bits per heavy atom. The Labute approximate surface area is 143 Å². The number of nitrogens with one attached hydrogen (secondary N) is 1. The largest absolute Gasteiger partial charge is 0.309 e. The molecule has 1 N–H and O–H groups in total. The fourth-order valence-electron chi connectivity index (χ4n) is 3.19. The number of aromatic nitrogens is 2. The molecule has 2 aromatic rings. The topological polar surface area (TPSA) is 35.8 Å². The molecule has 2 aromatic heterocycles. The molecule has 1 aliphatic heterocycles. The number of piperazine rings is 1. The first-order chi connectivity index (χ1) is 11.0. The van der Waals surface area contributed by atoms with Crippen molar-refractivity contribution < 1.29 is 0 Å². The number of pyridine rings is 1. The Balaban J connectivity index is 1.61. The molecule has 1 fully saturated rings. The summed E-state index contributed by atoms with van der Waals surface area (Å²) in [6.07, 6.45) is 2.01. The van der Waals surface area contributed by atoms with Gasteiger partial charge in [-0.3, -0.25) is 4.90 Å². The van der Waals surface area contributed by atoms with Crippen LogP contribution in [0.3, 0.4) is 0 Å². The van der Waals surface area contributed by atoms with Crippen molar-refractivity contribution in [2.75, 3.05) is 39.8 Å². The van der Waals surface area contributed by atoms with E-state index in [2.05, 4.69) is 45.4 Å². The van der Waals surface area contributed by atoms with Crippen molar-refractivity contribution in [3.63, 3.8) is 0 Å². The second kappa shape index (κ2) is 6.77. The molecule has 0 unspecified atom stereocenters. The summed E-state index contributed by atoms with van der Waals surface area (Å²) in [5.41, 5.74) is 2.05. The number of hydrogen-bond donors (Lipinski definition) is 1. The molecule has 6 heteroatoms. The van der Waals surface area contributed by atoms with Crippen molar-refractivity contribution >= 4 is 17.2 Å². The molecule has 0 aliphatic carbocycles. The molecule has 0 aromatic carbocycles. The number of hydrogen-bond acceptors (Lipinski definition) is 4. The monoisotopic (exact) mass is 335 g/mol. The SMILES string of the molecule is CN1CCN(C(C)(C)CNCc2c(Cl)nc3ccccn23)CC1. The highest BCUT2D eigenvalue weighted by molar-refractivity contribution is 6.30. The van der Waals surface area contributed by atoms with Crippen LogP contribution in [0.2, 0.25) is 5.15 Å². The van der Waals surface area contributed by atoms with Crippen LogP contribution in [0, 0.1) is 0 Å². The van der Waals surface area contributed by atoms with Crippen LogP contribution in [0.4, 0.5) is 0 Å². The number of rotatable bonds is 5. The normalized spacial score (nSPS) is 17.9. The number of halogens is 1. The summed E-state index contributed by atoms with van der Waals surface area (Å²) in [6.45, 7) is 10.8. The highest BCUT2D eigenvalue weighted by atomic mass is 35.5. The van der Waals surface area contributed by atoms with Crippen LogP contribution in [0.25, 0.3) is 5.65 Å². The third-order valence-electron chi connectivity index (χ3n) is 4.79. The van der Waals surface area contributed by atoms with Gasteiger partial charge in [0, 0.05) is 51.0 Å². The van der Waals surface area contributed by atoms with Gasteiger partial charge in [0.25, 0.3) is 0 Å². The van der Waals surface area contributed by atoms with E-state index in [1.165, 1.54) is 0 Å². The van der Waals surface area contributed by atoms with Crippen molar-refractivity contribution in [3.05, 3.63) is 35.2 Å². The minimum atomic E-state index is 0.133. The quantitative estimate of drug-likeness (QED) is 0.907. The van der Waals surface area contributed by atoms with E-state index in [1.807, 2.05) is 24.4 Å². The van der Waals surface area contributed by atoms with Crippen molar-refractivity contribution in [2.45, 2.75) is 25.9 Å². The molecule has 0 radical (unpaired) electrons. The summed E-state index contributed by atoms with van der Waals surface area (Å²) in [5.74, 6) is 0. The Morgan fingerprint density at radius 2 is 1.96 bits per heavy atom. The van der Waals surface area contributed by atoms with E-state index < -0.39 is 0 Å². The molecule has 0 spiro atoms. The Bertz CT molecular complexity index is 658. The van der Waals surface area contributed by atoms with Crippen molar-refractivity contribution in [1.82, 2.24) is 24.5 Å². The molecular weight excluding hydrogens is 310 g/mol. The summed E-state index contributed by atoms with van der Waals surface area (Å²) < 4.78 is 2.05. The standard InChI is InChI=1S/C17H26ClN5/c1-17(2,22-10-8-21(3)9-11-22)13-19-12-14-16(18)20-15-6-4-5-7-23(14)15/h4-7,19H,8-13H2,1-3H3. The van der Waals surface area contributed by atoms with Gasteiger partial charge in [-0.2, -0.15) is 0 Å². The van der Waals surface area contributed by atoms with Crippen LogP contribution in [-0.4, -0.2) is 64.5 Å². The maximum atomic E-state index is 6.29. The van der Waals surface area contributed by atoms with E-state index in [9.17, 15) is 0 Å². The highest BCUT2D eigenvalue weighted by Crippen LogP contribution is 2.19. The molecule has 0 saturated carbocycles. The molecule has 1 saturated heterocycles. The van der Waals surface area contributed by atoms with Crippen molar-refractivity contribution in [2.24, 2.45) is 0 Å². The van der Waals surface area contributed by atoms with E-state index in [4.69, 9.17) is 11.6 Å². The number of imidazole rings is 1. The molecule has 3 heterocycles. The van der Waals surface area contributed by atoms with Crippen LogP contribution in [0.5, 0.6) is 0 Å². The zero-order valence-corrected chi connectivity index (χ0v) is 15.0. The van der Waals surface area contributed by atoms with Gasteiger partial charge in [-0.25, -0.2) is 4.98 Å². The van der Waals surface area contributed by atoms with E-state index in [1.54, 1.807) is 0 Å². The predicted octanol–water partition coefficient (Wildman–Crippen LogP) is 2.10. The molecule has 126 valence electrons. The second-order valence-corrected chi connectivity index (χ2v) is 7.34. The van der Waals surface area contributed by atoms with Crippen LogP contribution >= 0.6 is 11.6 Å². The summed E-state index contributed by atoms with van der Waals surface area (Å²) in [4.78, 5) is 9.35. The molecule has 5 nitrogen and oxygen atoms in total. The van der Waals surface area contributed by atoms with Gasteiger partial charge >= 0.3 is 0 Å². The third-order valence-corrected chi connectivity index (χ3v) is 5.09. The third kappa shape index (κ3) is 3.69. The minimum absolute atomic E-state index is 0.133. The number of fused-ring (bicyclic) bond motifs is 1. The molecule has 1 aliphatic rings. The van der Waals surface area contributed by atoms with Gasteiger partial charge in [0.05, 0.1) is 5.69 Å². The van der Waals surface area contributed by atoms with Gasteiger partial charge in [-0.1, -0.05) is 17.7 Å². The zero-order chi connectivity index (χ0) is 16.4. The summed E-state index contributed by atoms with van der Waals surface area (Å²) >= 11 is 6.29. The van der Waals surface area contributed by atoms with Crippen molar-refractivity contribution in [3.8, 4) is 0 Å². The Morgan fingerprint density at radius 3 is 2.70 bits per heavy atom. The minimum Gasteiger partial charge on any atom is -0.309 e. The molecule has 0 bridgehead atoms. The lowest BCUT2D eigenvalue weighted by Crippen LogP contribution is -2.57. The maximum Gasteiger partial charge on any atom is 0.152 e. The highest BCUT2D eigenvalue weighted by Gasteiger charge is 2.28. The summed E-state index contributed by atoms with van der Waals surface area (Å²) in [6, 6.07) is 5.96. The fraction of sp³-hybridized carbons (Fsp3) is 0.588. The number of nitrogens with zero attached hydrogens (tertiary/aromatic N) is 4. The maximum absolute atomic E-state index is 6.29. The van der Waals surface area contributed by atoms with Gasteiger partial charge in [-0.15, -0.1) is 0 Å². The van der Waals surface area contributed by atoms with Gasteiger partial charge in [-0.05, 0) is 33.0 Å². The molecule has 0 atom stereocenters. The van der Waals surface area contributed by atoms with Gasteiger partial charge < -0.3 is 14.6 Å². The lowest BCUT2D eigenvalue weighted by atomic mass is 10.0. The van der Waals surface area contributed by atoms with Gasteiger partial charge in [0.15, 0.2) is 5.15 Å². The Hall–Kier alpha value is -1.14. The fourth-order valence-corrected chi connectivity index (χ4v) is 3.43. The average Bonchev–Trinajstić information content (AvgIpc) is 2.84. The second-order valence-electron chi connectivity index (χ2n) is 6.98. The van der Waals surface area contributed by atoms with Crippen molar-refractivity contribution in [1.29, 1.82) is 0 Å². The lowest BCUT2D eigenvalue weighted by Gasteiger charge is -2.43. The molecule has 23 heavy (non-hydrogen) atoms. The first kappa shape index (κ1) is 16.7. The molecular formula is C17H26ClN5. The van der Waals surface area contributed by atoms with E-state index in [-0.39, 0.29) is 5.54 Å².